The van der Waals surface area contributed by atoms with E-state index in [1.54, 1.807) is 0 Å². The number of ether oxygens (including phenoxy) is 2. The van der Waals surface area contributed by atoms with Gasteiger partial charge in [-0.05, 0) is 51.8 Å². The van der Waals surface area contributed by atoms with Crippen LogP contribution in [0, 0.1) is 6.92 Å². The van der Waals surface area contributed by atoms with Gasteiger partial charge >= 0.3 is 0 Å². The van der Waals surface area contributed by atoms with E-state index < -0.39 is 0 Å². The molecule has 3 nitrogen and oxygen atoms in total. The highest BCUT2D eigenvalue weighted by atomic mass is 35.5. The molecule has 0 saturated heterocycles. The predicted molar refractivity (Wildman–Crippen MR) is 89.8 cm³/mol. The van der Waals surface area contributed by atoms with Crippen molar-refractivity contribution < 1.29 is 9.47 Å². The first-order valence-corrected chi connectivity index (χ1v) is 7.78. The average molecular weight is 312 g/mol. The average Bonchev–Trinajstić information content (AvgIpc) is 2.45. The normalized spacial score (nSPS) is 10.8. The van der Waals surface area contributed by atoms with Crippen molar-refractivity contribution in [1.29, 1.82) is 0 Å². The van der Waals surface area contributed by atoms with E-state index in [0.29, 0.717) is 24.9 Å². The number of para-hydroxylation sites is 1. The molecule has 0 N–H and O–H groups in total. The van der Waals surface area contributed by atoms with Gasteiger partial charge in [0, 0.05) is 18.9 Å². The minimum Gasteiger partial charge on any atom is -0.351 e. The molecule has 0 saturated carbocycles. The fourth-order valence-corrected chi connectivity index (χ4v) is 2.25. The Hall–Kier alpha value is -1.03. The number of rotatable bonds is 8. The van der Waals surface area contributed by atoms with E-state index in [1.165, 1.54) is 5.56 Å². The standard InChI is InChI=1S/C17H26ClNO2/c1-6-20-16(21-7-2)12-19(17(18)13(3)4)15-11-9-8-10-14(15)5/h8-11,16H,6-7,12H2,1-5H3. The number of aryl methyl sites for hydroxylation is 1. The van der Waals surface area contributed by atoms with Crippen LogP contribution < -0.4 is 4.90 Å². The van der Waals surface area contributed by atoms with Crippen molar-refractivity contribution in [2.24, 2.45) is 0 Å². The van der Waals surface area contributed by atoms with Crippen LogP contribution in [0.3, 0.4) is 0 Å². The second-order valence-electron chi connectivity index (χ2n) is 5.03. The van der Waals surface area contributed by atoms with Crippen LogP contribution in [0.15, 0.2) is 35.0 Å². The fraction of sp³-hybridized carbons (Fsp3) is 0.529. The second kappa shape index (κ2) is 9.08. The molecule has 0 aromatic heterocycles. The van der Waals surface area contributed by atoms with Gasteiger partial charge in [-0.15, -0.1) is 0 Å². The fourth-order valence-electron chi connectivity index (χ4n) is 2.09. The number of allylic oxidation sites excluding steroid dienone is 1. The molecule has 0 atom stereocenters. The summed E-state index contributed by atoms with van der Waals surface area (Å²) in [4.78, 5) is 2.06. The van der Waals surface area contributed by atoms with E-state index in [1.807, 2.05) is 39.8 Å². The highest BCUT2D eigenvalue weighted by molar-refractivity contribution is 6.31. The summed E-state index contributed by atoms with van der Waals surface area (Å²) >= 11 is 6.53. The van der Waals surface area contributed by atoms with Gasteiger partial charge in [-0.3, -0.25) is 0 Å². The highest BCUT2D eigenvalue weighted by Gasteiger charge is 2.19. The summed E-state index contributed by atoms with van der Waals surface area (Å²) in [6.07, 6.45) is -0.298. The van der Waals surface area contributed by atoms with Crippen molar-refractivity contribution in [3.8, 4) is 0 Å². The summed E-state index contributed by atoms with van der Waals surface area (Å²) in [7, 11) is 0. The molecule has 1 aromatic rings. The van der Waals surface area contributed by atoms with Gasteiger partial charge in [0.05, 0.1) is 6.54 Å². The van der Waals surface area contributed by atoms with Crippen LogP contribution in [0.2, 0.25) is 0 Å². The summed E-state index contributed by atoms with van der Waals surface area (Å²) < 4.78 is 11.3. The van der Waals surface area contributed by atoms with Crippen LogP contribution in [-0.2, 0) is 9.47 Å². The molecule has 4 heteroatoms. The van der Waals surface area contributed by atoms with Gasteiger partial charge < -0.3 is 14.4 Å². The first-order chi connectivity index (χ1) is 10.0. The molecule has 1 aromatic carbocycles. The van der Waals surface area contributed by atoms with Crippen LogP contribution in [0.4, 0.5) is 5.69 Å². The van der Waals surface area contributed by atoms with E-state index in [9.17, 15) is 0 Å². The molecule has 0 aliphatic carbocycles. The molecule has 0 fully saturated rings. The van der Waals surface area contributed by atoms with Crippen LogP contribution in [0.5, 0.6) is 0 Å². The Bertz CT molecular complexity index is 464. The van der Waals surface area contributed by atoms with Crippen molar-refractivity contribution >= 4 is 17.3 Å². The molecule has 118 valence electrons. The maximum Gasteiger partial charge on any atom is 0.175 e. The second-order valence-corrected chi connectivity index (χ2v) is 5.39. The monoisotopic (exact) mass is 311 g/mol. The van der Waals surface area contributed by atoms with Gasteiger partial charge in [0.15, 0.2) is 6.29 Å². The van der Waals surface area contributed by atoms with Gasteiger partial charge in [-0.25, -0.2) is 0 Å². The minimum absolute atomic E-state index is 0.298. The third kappa shape index (κ3) is 5.34. The Morgan fingerprint density at radius 3 is 2.19 bits per heavy atom. The number of hydrogen-bond acceptors (Lipinski definition) is 3. The quantitative estimate of drug-likeness (QED) is 0.513. The lowest BCUT2D eigenvalue weighted by atomic mass is 10.2. The largest absolute Gasteiger partial charge is 0.351 e. The zero-order valence-electron chi connectivity index (χ0n) is 13.6. The van der Waals surface area contributed by atoms with E-state index in [4.69, 9.17) is 21.1 Å². The lowest BCUT2D eigenvalue weighted by Gasteiger charge is -2.30. The Morgan fingerprint density at radius 1 is 1.14 bits per heavy atom. The molecular formula is C17H26ClNO2. The molecule has 0 spiro atoms. The number of anilines is 1. The van der Waals surface area contributed by atoms with Crippen LogP contribution in [-0.4, -0.2) is 26.0 Å². The summed E-state index contributed by atoms with van der Waals surface area (Å²) in [5, 5.41) is 0.716. The van der Waals surface area contributed by atoms with Gasteiger partial charge in [-0.1, -0.05) is 29.8 Å². The van der Waals surface area contributed by atoms with Crippen LogP contribution >= 0.6 is 11.6 Å². The molecule has 0 aliphatic rings. The minimum atomic E-state index is -0.298. The molecular weight excluding hydrogens is 286 g/mol. The van der Waals surface area contributed by atoms with Gasteiger partial charge in [0.25, 0.3) is 0 Å². The third-order valence-electron chi connectivity index (χ3n) is 3.09. The van der Waals surface area contributed by atoms with Crippen LogP contribution in [0.25, 0.3) is 0 Å². The summed E-state index contributed by atoms with van der Waals surface area (Å²) in [6, 6.07) is 8.18. The van der Waals surface area contributed by atoms with Crippen LogP contribution in [0.1, 0.15) is 33.3 Å². The number of halogens is 1. The molecule has 21 heavy (non-hydrogen) atoms. The van der Waals surface area contributed by atoms with E-state index in [0.717, 1.165) is 11.3 Å². The molecule has 0 bridgehead atoms. The topological polar surface area (TPSA) is 21.7 Å². The Balaban J connectivity index is 3.09. The summed E-state index contributed by atoms with van der Waals surface area (Å²) in [6.45, 7) is 11.8. The number of benzene rings is 1. The lowest BCUT2D eigenvalue weighted by molar-refractivity contribution is -0.128. The van der Waals surface area contributed by atoms with Crippen molar-refractivity contribution in [3.63, 3.8) is 0 Å². The summed E-state index contributed by atoms with van der Waals surface area (Å²) in [5.41, 5.74) is 3.31. The number of hydrogen-bond donors (Lipinski definition) is 0. The van der Waals surface area contributed by atoms with Gasteiger partial charge in [0.2, 0.25) is 0 Å². The Labute approximate surface area is 133 Å². The Kier molecular flexibility index (Phi) is 7.79. The van der Waals surface area contributed by atoms with Crippen molar-refractivity contribution in [3.05, 3.63) is 40.6 Å². The van der Waals surface area contributed by atoms with E-state index in [-0.39, 0.29) is 6.29 Å². The highest BCUT2D eigenvalue weighted by Crippen LogP contribution is 2.27. The maximum atomic E-state index is 6.53. The first-order valence-electron chi connectivity index (χ1n) is 7.40. The van der Waals surface area contributed by atoms with Crippen molar-refractivity contribution in [1.82, 2.24) is 0 Å². The molecule has 0 amide bonds. The smallest absolute Gasteiger partial charge is 0.175 e. The zero-order valence-corrected chi connectivity index (χ0v) is 14.4. The zero-order chi connectivity index (χ0) is 15.8. The van der Waals surface area contributed by atoms with E-state index in [2.05, 4.69) is 24.0 Å². The molecule has 0 unspecified atom stereocenters. The molecule has 1 rings (SSSR count). The van der Waals surface area contributed by atoms with Crippen molar-refractivity contribution in [2.45, 2.75) is 40.9 Å². The summed E-state index contributed by atoms with van der Waals surface area (Å²) in [5.74, 6) is 0. The molecule has 0 aliphatic heterocycles. The maximum absolute atomic E-state index is 6.53. The third-order valence-corrected chi connectivity index (χ3v) is 3.67. The SMILES string of the molecule is CCOC(CN(C(Cl)=C(C)C)c1ccccc1C)OCC. The van der Waals surface area contributed by atoms with Gasteiger partial charge in [0.1, 0.15) is 5.16 Å². The first kappa shape index (κ1) is 18.0. The molecule has 0 heterocycles. The van der Waals surface area contributed by atoms with E-state index >= 15 is 0 Å². The van der Waals surface area contributed by atoms with Gasteiger partial charge in [-0.2, -0.15) is 0 Å². The number of nitrogens with zero attached hydrogens (tertiary/aromatic N) is 1. The predicted octanol–water partition coefficient (Wildman–Crippen LogP) is 4.69. The van der Waals surface area contributed by atoms with Crippen molar-refractivity contribution in [2.75, 3.05) is 24.7 Å². The Morgan fingerprint density at radius 2 is 1.71 bits per heavy atom. The molecule has 0 radical (unpaired) electrons. The lowest BCUT2D eigenvalue weighted by Crippen LogP contribution is -2.35.